The Balaban J connectivity index is 0.000000673. The van der Waals surface area contributed by atoms with Crippen LogP contribution in [0.5, 0.6) is 0 Å². The lowest BCUT2D eigenvalue weighted by Gasteiger charge is -2.12. The Kier molecular flexibility index (Phi) is 8.17. The molecule has 16 heavy (non-hydrogen) atoms. The van der Waals surface area contributed by atoms with Gasteiger partial charge in [0.1, 0.15) is 6.10 Å². The first kappa shape index (κ1) is 14.6. The van der Waals surface area contributed by atoms with Crippen LogP contribution in [0.15, 0.2) is 54.6 Å². The van der Waals surface area contributed by atoms with Gasteiger partial charge < -0.3 is 4.74 Å². The predicted octanol–water partition coefficient (Wildman–Crippen LogP) is 4.00. The molecule has 0 radical (unpaired) electrons. The lowest BCUT2D eigenvalue weighted by molar-refractivity contribution is -0.144. The summed E-state index contributed by atoms with van der Waals surface area (Å²) in [4.78, 5) is 12.3. The predicted molar refractivity (Wildman–Crippen MR) is 70.3 cm³/mol. The summed E-state index contributed by atoms with van der Waals surface area (Å²) >= 11 is 2.91. The zero-order chi connectivity index (χ0) is 12.4. The summed E-state index contributed by atoms with van der Waals surface area (Å²) in [5.74, 6) is -0.297. The number of rotatable bonds is 3. The number of ether oxygens (including phenoxy) is 1. The fraction of sp³-hybridized carbons (Fsp3) is 0.154. The first-order chi connectivity index (χ1) is 7.65. The van der Waals surface area contributed by atoms with Crippen LogP contribution in [0.2, 0.25) is 0 Å². The molecule has 0 saturated heterocycles. The van der Waals surface area contributed by atoms with E-state index in [0.717, 1.165) is 5.56 Å². The fourth-order valence-electron chi connectivity index (χ4n) is 1.07. The third-order valence-electron chi connectivity index (χ3n) is 1.64. The Labute approximate surface area is 105 Å². The van der Waals surface area contributed by atoms with Crippen molar-refractivity contribution in [1.82, 2.24) is 0 Å². The second-order valence-corrected chi connectivity index (χ2v) is 3.48. The van der Waals surface area contributed by atoms with E-state index >= 15 is 0 Å². The number of carbonyl (C=O) groups excluding carboxylic acids is 1. The number of esters is 1. The first-order valence-electron chi connectivity index (χ1n) is 4.71. The van der Waals surface area contributed by atoms with Gasteiger partial charge in [0.2, 0.25) is 0 Å². The van der Waals surface area contributed by atoms with Crippen LogP contribution >= 0.6 is 15.9 Å². The highest BCUT2D eigenvalue weighted by Gasteiger charge is 2.08. The van der Waals surface area contributed by atoms with E-state index < -0.39 is 0 Å². The summed E-state index contributed by atoms with van der Waals surface area (Å²) in [6, 6.07) is 9.51. The molecule has 0 aliphatic heterocycles. The molecule has 0 aliphatic carbocycles. The molecule has 1 aromatic rings. The van der Waals surface area contributed by atoms with Gasteiger partial charge in [0.25, 0.3) is 0 Å². The lowest BCUT2D eigenvalue weighted by atomic mass is 10.1. The molecule has 3 heteroatoms. The van der Waals surface area contributed by atoms with Gasteiger partial charge in [-0.2, -0.15) is 0 Å². The quantitative estimate of drug-likeness (QED) is 0.619. The summed E-state index contributed by atoms with van der Waals surface area (Å²) in [6.07, 6.45) is 1.27. The van der Waals surface area contributed by atoms with Gasteiger partial charge >= 0.3 is 5.97 Å². The van der Waals surface area contributed by atoms with Crippen LogP contribution in [0.3, 0.4) is 0 Å². The summed E-state index contributed by atoms with van der Waals surface area (Å²) < 4.78 is 5.03. The molecule has 0 fully saturated rings. The third-order valence-corrected chi connectivity index (χ3v) is 1.64. The van der Waals surface area contributed by atoms with Crippen molar-refractivity contribution >= 4 is 21.9 Å². The summed E-state index contributed by atoms with van der Waals surface area (Å²) in [6.45, 7) is 8.28. The molecule has 0 bridgehead atoms. The molecule has 0 N–H and O–H groups in total. The van der Waals surface area contributed by atoms with Crippen LogP contribution in [-0.2, 0) is 9.53 Å². The molecule has 1 rings (SSSR count). The van der Waals surface area contributed by atoms with E-state index in [1.54, 1.807) is 11.1 Å². The molecule has 0 heterocycles. The number of carbonyl (C=O) groups is 1. The van der Waals surface area contributed by atoms with Gasteiger partial charge in [-0.15, -0.1) is 0 Å². The summed E-state index contributed by atoms with van der Waals surface area (Å²) in [5, 5.41) is 0. The first-order valence-corrected chi connectivity index (χ1v) is 5.63. The average molecular weight is 283 g/mol. The molecule has 0 amide bonds. The molecule has 0 saturated carbocycles. The van der Waals surface area contributed by atoms with Gasteiger partial charge in [-0.1, -0.05) is 59.4 Å². The zero-order valence-corrected chi connectivity index (χ0v) is 10.8. The van der Waals surface area contributed by atoms with Gasteiger partial charge in [-0.3, -0.25) is 4.79 Å². The topological polar surface area (TPSA) is 26.3 Å². The second kappa shape index (κ2) is 8.92. The molecule has 2 nitrogen and oxygen atoms in total. The molecule has 1 aromatic carbocycles. The molecule has 1 unspecified atom stereocenters. The van der Waals surface area contributed by atoms with E-state index in [-0.39, 0.29) is 12.1 Å². The van der Waals surface area contributed by atoms with Gasteiger partial charge in [0, 0.05) is 6.92 Å². The number of hydrogen-bond donors (Lipinski definition) is 0. The second-order valence-electron chi connectivity index (χ2n) is 2.83. The standard InChI is InChI=1S/C11H12O2.C2H3Br/c1-3-11(13-9(2)12)10-7-5-4-6-8-10;1-2-3/h3-8,11H,1H2,2H3;2H,1H2. The Bertz CT molecular complexity index is 333. The average Bonchev–Trinajstić information content (AvgIpc) is 2.28. The third kappa shape index (κ3) is 6.19. The van der Waals surface area contributed by atoms with E-state index in [2.05, 4.69) is 29.1 Å². The highest BCUT2D eigenvalue weighted by atomic mass is 79.9. The highest BCUT2D eigenvalue weighted by Crippen LogP contribution is 2.17. The molecular formula is C13H15BrO2. The van der Waals surface area contributed by atoms with E-state index in [9.17, 15) is 4.79 Å². The van der Waals surface area contributed by atoms with Crippen LogP contribution in [0.1, 0.15) is 18.6 Å². The van der Waals surface area contributed by atoms with Crippen LogP contribution in [0, 0.1) is 0 Å². The Hall–Kier alpha value is -1.35. The molecule has 0 spiro atoms. The van der Waals surface area contributed by atoms with Crippen molar-refractivity contribution in [2.24, 2.45) is 0 Å². The largest absolute Gasteiger partial charge is 0.453 e. The lowest BCUT2D eigenvalue weighted by Crippen LogP contribution is -2.05. The van der Waals surface area contributed by atoms with Crippen molar-refractivity contribution < 1.29 is 9.53 Å². The van der Waals surface area contributed by atoms with E-state index in [0.29, 0.717) is 0 Å². The number of halogens is 1. The minimum atomic E-state index is -0.335. The monoisotopic (exact) mass is 282 g/mol. The Morgan fingerprint density at radius 1 is 1.38 bits per heavy atom. The minimum Gasteiger partial charge on any atom is -0.453 e. The Morgan fingerprint density at radius 3 is 2.25 bits per heavy atom. The number of benzene rings is 1. The van der Waals surface area contributed by atoms with Crippen molar-refractivity contribution in [1.29, 1.82) is 0 Å². The maximum absolute atomic E-state index is 10.7. The molecule has 0 aliphatic rings. The fourth-order valence-corrected chi connectivity index (χ4v) is 1.07. The normalized spacial score (nSPS) is 10.4. The van der Waals surface area contributed by atoms with E-state index in [1.165, 1.54) is 6.92 Å². The van der Waals surface area contributed by atoms with Crippen LogP contribution in [0.25, 0.3) is 0 Å². The molecular weight excluding hydrogens is 268 g/mol. The summed E-state index contributed by atoms with van der Waals surface area (Å²) in [5.41, 5.74) is 0.938. The molecule has 0 aromatic heterocycles. The van der Waals surface area contributed by atoms with Crippen LogP contribution in [-0.4, -0.2) is 5.97 Å². The molecule has 86 valence electrons. The van der Waals surface area contributed by atoms with Crippen molar-refractivity contribution in [2.45, 2.75) is 13.0 Å². The van der Waals surface area contributed by atoms with Crippen LogP contribution in [0.4, 0.5) is 0 Å². The van der Waals surface area contributed by atoms with E-state index in [4.69, 9.17) is 4.74 Å². The SMILES string of the molecule is C=CBr.C=CC(OC(C)=O)c1ccccc1. The zero-order valence-electron chi connectivity index (χ0n) is 9.23. The van der Waals surface area contributed by atoms with E-state index in [1.807, 2.05) is 30.3 Å². The minimum absolute atomic E-state index is 0.297. The van der Waals surface area contributed by atoms with Crippen LogP contribution < -0.4 is 0 Å². The van der Waals surface area contributed by atoms with Gasteiger partial charge in [-0.05, 0) is 16.6 Å². The summed E-state index contributed by atoms with van der Waals surface area (Å²) in [7, 11) is 0. The number of hydrogen-bond acceptors (Lipinski definition) is 2. The maximum Gasteiger partial charge on any atom is 0.303 e. The van der Waals surface area contributed by atoms with Crippen molar-refractivity contribution in [2.75, 3.05) is 0 Å². The Morgan fingerprint density at radius 2 is 1.88 bits per heavy atom. The van der Waals surface area contributed by atoms with Crippen molar-refractivity contribution in [3.63, 3.8) is 0 Å². The van der Waals surface area contributed by atoms with Gasteiger partial charge in [-0.25, -0.2) is 0 Å². The van der Waals surface area contributed by atoms with Crippen molar-refractivity contribution in [3.8, 4) is 0 Å². The smallest absolute Gasteiger partial charge is 0.303 e. The molecule has 1 atom stereocenters. The van der Waals surface area contributed by atoms with Crippen molar-refractivity contribution in [3.05, 3.63) is 60.1 Å². The maximum atomic E-state index is 10.7. The highest BCUT2D eigenvalue weighted by molar-refractivity contribution is 9.11. The van der Waals surface area contributed by atoms with Gasteiger partial charge in [0.15, 0.2) is 0 Å². The van der Waals surface area contributed by atoms with Gasteiger partial charge in [0.05, 0.1) is 0 Å².